The first kappa shape index (κ1) is 24.6. The zero-order valence-electron chi connectivity index (χ0n) is 18.5. The van der Waals surface area contributed by atoms with E-state index in [1.807, 2.05) is 0 Å². The van der Waals surface area contributed by atoms with Crippen LogP contribution in [0.15, 0.2) is 12.7 Å². The summed E-state index contributed by atoms with van der Waals surface area (Å²) in [6, 6.07) is 0. The third kappa shape index (κ3) is 6.07. The van der Waals surface area contributed by atoms with Gasteiger partial charge in [-0.05, 0) is 33.6 Å². The predicted octanol–water partition coefficient (Wildman–Crippen LogP) is 1.96. The maximum absolute atomic E-state index is 11.9. The minimum Gasteiger partial charge on any atom is -0.433 e. The molecule has 2 aromatic rings. The number of imidazole rings is 1. The summed E-state index contributed by atoms with van der Waals surface area (Å²) in [6.07, 6.45) is 3.60. The molecule has 3 atom stereocenters. The number of esters is 1. The molecule has 1 aliphatic rings. The van der Waals surface area contributed by atoms with E-state index < -0.39 is 26.3 Å². The molecule has 32 heavy (non-hydrogen) atoms. The number of fused-ring (bicyclic) bond motifs is 1. The third-order valence-electron chi connectivity index (χ3n) is 4.56. The van der Waals surface area contributed by atoms with Crippen molar-refractivity contribution in [3.8, 4) is 0 Å². The zero-order valence-corrected chi connectivity index (χ0v) is 19.4. The lowest BCUT2D eigenvalue weighted by molar-refractivity contribution is -0.162. The Kier molecular flexibility index (Phi) is 7.93. The maximum Gasteiger partial charge on any atom is 0.578 e. The standard InChI is InChI=1S/C18H29N5O8P/c1-18(2,3)17(24)27-11-30-32(25,29-10-26-4)28-7-12-5-6-13(31-12)23-9-22-14-15(19)20-8-21-16(14)23/h8-9,12-13,25H,5-7,10-11H2,1-4H3,(H2,19,20,21)/q+1. The van der Waals surface area contributed by atoms with E-state index in [0.29, 0.717) is 29.8 Å². The van der Waals surface area contributed by atoms with Crippen LogP contribution >= 0.6 is 8.17 Å². The molecule has 0 amide bonds. The van der Waals surface area contributed by atoms with E-state index in [9.17, 15) is 9.69 Å². The average molecular weight is 474 g/mol. The zero-order chi connectivity index (χ0) is 23.4. The molecule has 3 unspecified atom stereocenters. The molecular formula is C18H29N5O8P+. The van der Waals surface area contributed by atoms with E-state index in [-0.39, 0.29) is 25.7 Å². The van der Waals surface area contributed by atoms with Crippen LogP contribution in [0, 0.1) is 5.41 Å². The van der Waals surface area contributed by atoms with Crippen LogP contribution in [0.2, 0.25) is 0 Å². The van der Waals surface area contributed by atoms with Crippen molar-refractivity contribution in [3.63, 3.8) is 0 Å². The number of aromatic nitrogens is 4. The molecule has 2 aromatic heterocycles. The maximum atomic E-state index is 11.9. The molecule has 3 heterocycles. The Bertz CT molecular complexity index is 922. The van der Waals surface area contributed by atoms with Gasteiger partial charge in [0.2, 0.25) is 6.79 Å². The van der Waals surface area contributed by atoms with Crippen molar-refractivity contribution < 1.29 is 37.5 Å². The van der Waals surface area contributed by atoms with Gasteiger partial charge < -0.3 is 19.9 Å². The summed E-state index contributed by atoms with van der Waals surface area (Å²) in [7, 11) is -2.42. The van der Waals surface area contributed by atoms with Gasteiger partial charge in [-0.25, -0.2) is 15.0 Å². The van der Waals surface area contributed by atoms with Gasteiger partial charge in [-0.3, -0.25) is 9.36 Å². The van der Waals surface area contributed by atoms with Crippen molar-refractivity contribution >= 4 is 31.1 Å². The van der Waals surface area contributed by atoms with Gasteiger partial charge in [0.05, 0.1) is 17.8 Å². The molecule has 0 aliphatic carbocycles. The van der Waals surface area contributed by atoms with Gasteiger partial charge in [-0.15, -0.1) is 9.05 Å². The fourth-order valence-corrected chi connectivity index (χ4v) is 3.87. The third-order valence-corrected chi connectivity index (χ3v) is 5.90. The lowest BCUT2D eigenvalue weighted by Gasteiger charge is -2.19. The van der Waals surface area contributed by atoms with Crippen LogP contribution in [-0.2, 0) is 32.6 Å². The van der Waals surface area contributed by atoms with Crippen molar-refractivity contribution in [3.05, 3.63) is 12.7 Å². The minimum absolute atomic E-state index is 0.0124. The Hall–Kier alpha value is -1.99. The second kappa shape index (κ2) is 10.3. The summed E-state index contributed by atoms with van der Waals surface area (Å²) in [5, 5.41) is 0. The Morgan fingerprint density at radius 1 is 1.25 bits per heavy atom. The quantitative estimate of drug-likeness (QED) is 0.293. The molecule has 1 fully saturated rings. The number of hydrogen-bond acceptors (Lipinski definition) is 12. The largest absolute Gasteiger partial charge is 0.578 e. The number of rotatable bonds is 10. The van der Waals surface area contributed by atoms with E-state index >= 15 is 0 Å². The van der Waals surface area contributed by atoms with Gasteiger partial charge in [-0.2, -0.15) is 9.42 Å². The van der Waals surface area contributed by atoms with Crippen molar-refractivity contribution in [2.45, 2.75) is 45.9 Å². The Morgan fingerprint density at radius 3 is 2.72 bits per heavy atom. The summed E-state index contributed by atoms with van der Waals surface area (Å²) in [5.41, 5.74) is 6.19. The number of carbonyl (C=O) groups excluding carboxylic acids is 1. The summed E-state index contributed by atoms with van der Waals surface area (Å²) >= 11 is 0. The topological polar surface area (TPSA) is 162 Å². The molecule has 0 radical (unpaired) electrons. The summed E-state index contributed by atoms with van der Waals surface area (Å²) < 4.78 is 33.5. The average Bonchev–Trinajstić information content (AvgIpc) is 3.37. The van der Waals surface area contributed by atoms with Crippen molar-refractivity contribution in [2.24, 2.45) is 5.41 Å². The summed E-state index contributed by atoms with van der Waals surface area (Å²) in [5.74, 6) is -0.198. The number of ether oxygens (including phenoxy) is 3. The fraction of sp³-hybridized carbons (Fsp3) is 0.667. The van der Waals surface area contributed by atoms with E-state index in [1.54, 1.807) is 31.7 Å². The predicted molar refractivity (Wildman–Crippen MR) is 112 cm³/mol. The van der Waals surface area contributed by atoms with Crippen LogP contribution in [0.4, 0.5) is 5.82 Å². The number of methoxy groups -OCH3 is 1. The van der Waals surface area contributed by atoms with Gasteiger partial charge in [-0.1, -0.05) is 0 Å². The van der Waals surface area contributed by atoms with Crippen LogP contribution in [-0.4, -0.2) is 63.8 Å². The molecular weight excluding hydrogens is 445 g/mol. The van der Waals surface area contributed by atoms with Crippen molar-refractivity contribution in [2.75, 3.05) is 33.0 Å². The number of nitrogen functional groups attached to an aromatic ring is 1. The number of hydrogen-bond donors (Lipinski definition) is 2. The van der Waals surface area contributed by atoms with Crippen LogP contribution in [0.25, 0.3) is 11.2 Å². The van der Waals surface area contributed by atoms with Gasteiger partial charge >= 0.3 is 14.1 Å². The first-order valence-electron chi connectivity index (χ1n) is 9.93. The SMILES string of the molecule is COCO[P+](O)(OCOC(=O)C(C)(C)C)OCC1CCC(n2cnc3c(N)ncnc32)O1. The number of nitrogens with zero attached hydrogens (tertiary/aromatic N) is 4. The van der Waals surface area contributed by atoms with Gasteiger partial charge in [0.25, 0.3) is 0 Å². The Balaban J connectivity index is 1.55. The molecule has 0 saturated carbocycles. The van der Waals surface area contributed by atoms with Crippen LogP contribution in [0.3, 0.4) is 0 Å². The van der Waals surface area contributed by atoms with E-state index in [1.165, 1.54) is 13.4 Å². The highest BCUT2D eigenvalue weighted by molar-refractivity contribution is 7.55. The molecule has 13 nitrogen and oxygen atoms in total. The van der Waals surface area contributed by atoms with Crippen LogP contribution in [0.1, 0.15) is 39.8 Å². The highest BCUT2D eigenvalue weighted by Gasteiger charge is 2.47. The molecule has 1 aliphatic heterocycles. The molecule has 0 bridgehead atoms. The first-order chi connectivity index (χ1) is 15.1. The molecule has 0 aromatic carbocycles. The smallest absolute Gasteiger partial charge is 0.433 e. The summed E-state index contributed by atoms with van der Waals surface area (Å²) in [4.78, 5) is 34.9. The molecule has 178 valence electrons. The molecule has 3 N–H and O–H groups in total. The van der Waals surface area contributed by atoms with Crippen molar-refractivity contribution in [1.29, 1.82) is 0 Å². The number of nitrogens with two attached hydrogens (primary N) is 1. The summed E-state index contributed by atoms with van der Waals surface area (Å²) in [6.45, 7) is 4.29. The van der Waals surface area contributed by atoms with E-state index in [2.05, 4.69) is 15.0 Å². The fourth-order valence-electron chi connectivity index (χ4n) is 2.87. The second-order valence-electron chi connectivity index (χ2n) is 8.10. The highest BCUT2D eigenvalue weighted by Crippen LogP contribution is 2.58. The molecule has 14 heteroatoms. The van der Waals surface area contributed by atoms with E-state index in [4.69, 9.17) is 33.5 Å². The first-order valence-corrected chi connectivity index (χ1v) is 11.4. The van der Waals surface area contributed by atoms with Crippen LogP contribution < -0.4 is 5.73 Å². The van der Waals surface area contributed by atoms with Gasteiger partial charge in [0, 0.05) is 7.11 Å². The van der Waals surface area contributed by atoms with E-state index in [0.717, 1.165) is 0 Å². The number of anilines is 1. The lowest BCUT2D eigenvalue weighted by atomic mass is 9.98. The Labute approximate surface area is 185 Å². The highest BCUT2D eigenvalue weighted by atomic mass is 31.2. The van der Waals surface area contributed by atoms with Crippen LogP contribution in [0.5, 0.6) is 0 Å². The second-order valence-corrected chi connectivity index (χ2v) is 9.81. The van der Waals surface area contributed by atoms with Crippen molar-refractivity contribution in [1.82, 2.24) is 19.5 Å². The Morgan fingerprint density at radius 2 is 2.00 bits per heavy atom. The van der Waals surface area contributed by atoms with Gasteiger partial charge in [0.1, 0.15) is 24.7 Å². The monoisotopic (exact) mass is 474 g/mol. The number of carbonyl (C=O) groups is 1. The molecule has 1 saturated heterocycles. The minimum atomic E-state index is -3.81. The molecule has 0 spiro atoms. The lowest BCUT2D eigenvalue weighted by Crippen LogP contribution is -2.25. The normalized spacial score (nSPS) is 21.0. The van der Waals surface area contributed by atoms with Gasteiger partial charge in [0.15, 0.2) is 18.3 Å². The molecule has 3 rings (SSSR count).